The van der Waals surface area contributed by atoms with E-state index >= 15 is 0 Å². The van der Waals surface area contributed by atoms with Crippen molar-refractivity contribution in [3.8, 4) is 0 Å². The Kier molecular flexibility index (Phi) is 3.68. The molecular weight excluding hydrogens is 164 g/mol. The zero-order valence-corrected chi connectivity index (χ0v) is 8.26. The number of hydrogen-bond acceptors (Lipinski definition) is 2. The van der Waals surface area contributed by atoms with Gasteiger partial charge < -0.3 is 9.78 Å². The molecule has 0 fully saturated rings. The number of aromatic nitrogens is 2. The zero-order valence-electron chi connectivity index (χ0n) is 8.26. The van der Waals surface area contributed by atoms with Crippen molar-refractivity contribution in [2.24, 2.45) is 0 Å². The third-order valence-electron chi connectivity index (χ3n) is 1.91. The van der Waals surface area contributed by atoms with Crippen molar-refractivity contribution in [1.82, 2.24) is 9.97 Å². The number of rotatable bonds is 5. The molecule has 0 radical (unpaired) electrons. The van der Waals surface area contributed by atoms with Crippen molar-refractivity contribution in [3.05, 3.63) is 17.7 Å². The summed E-state index contributed by atoms with van der Waals surface area (Å²) >= 11 is 0. The number of H-pyrrole nitrogens is 1. The Bertz CT molecular complexity index is 278. The Morgan fingerprint density at radius 3 is 2.92 bits per heavy atom. The predicted molar refractivity (Wildman–Crippen MR) is 51.6 cm³/mol. The quantitative estimate of drug-likeness (QED) is 0.752. The maximum atomic E-state index is 10.7. The van der Waals surface area contributed by atoms with Crippen molar-refractivity contribution in [3.63, 3.8) is 0 Å². The molecule has 0 aliphatic rings. The number of nitrogens with zero attached hydrogens (tertiary/aromatic N) is 1. The summed E-state index contributed by atoms with van der Waals surface area (Å²) in [7, 11) is 0. The highest BCUT2D eigenvalue weighted by atomic mass is 16.1. The van der Waals surface area contributed by atoms with E-state index in [1.807, 2.05) is 6.20 Å². The van der Waals surface area contributed by atoms with E-state index in [1.165, 1.54) is 5.69 Å². The van der Waals surface area contributed by atoms with E-state index < -0.39 is 0 Å². The standard InChI is InChI=1S/C10H16N2O/c1-3-4-9-7-11-10(12-9)6-5-8(2)13/h7H,3-6H2,1-2H3,(H,11,12). The highest BCUT2D eigenvalue weighted by Gasteiger charge is 2.01. The number of aryl methyl sites for hydroxylation is 2. The highest BCUT2D eigenvalue weighted by molar-refractivity contribution is 5.75. The number of nitrogens with one attached hydrogen (secondary N) is 1. The first-order chi connectivity index (χ1) is 6.22. The van der Waals surface area contributed by atoms with Gasteiger partial charge in [-0.1, -0.05) is 13.3 Å². The Morgan fingerprint density at radius 2 is 2.31 bits per heavy atom. The predicted octanol–water partition coefficient (Wildman–Crippen LogP) is 1.88. The normalized spacial score (nSPS) is 10.3. The molecule has 0 aromatic carbocycles. The van der Waals surface area contributed by atoms with Crippen LogP contribution in [0.25, 0.3) is 0 Å². The lowest BCUT2D eigenvalue weighted by atomic mass is 10.2. The Hall–Kier alpha value is -1.12. The van der Waals surface area contributed by atoms with E-state index in [2.05, 4.69) is 16.9 Å². The summed E-state index contributed by atoms with van der Waals surface area (Å²) in [6.45, 7) is 3.74. The fourth-order valence-electron chi connectivity index (χ4n) is 1.22. The third kappa shape index (κ3) is 3.40. The van der Waals surface area contributed by atoms with Crippen LogP contribution < -0.4 is 0 Å². The van der Waals surface area contributed by atoms with Gasteiger partial charge in [0, 0.05) is 24.7 Å². The van der Waals surface area contributed by atoms with Crippen molar-refractivity contribution < 1.29 is 4.79 Å². The summed E-state index contributed by atoms with van der Waals surface area (Å²) in [5.41, 5.74) is 1.17. The van der Waals surface area contributed by atoms with Gasteiger partial charge in [0.15, 0.2) is 0 Å². The number of aromatic amines is 1. The van der Waals surface area contributed by atoms with Crippen LogP contribution in [0, 0.1) is 0 Å². The van der Waals surface area contributed by atoms with E-state index in [1.54, 1.807) is 6.92 Å². The zero-order chi connectivity index (χ0) is 9.68. The largest absolute Gasteiger partial charge is 0.346 e. The topological polar surface area (TPSA) is 45.8 Å². The molecule has 72 valence electrons. The van der Waals surface area contributed by atoms with E-state index in [0.29, 0.717) is 6.42 Å². The van der Waals surface area contributed by atoms with Crippen LogP contribution in [0.4, 0.5) is 0 Å². The minimum atomic E-state index is 0.216. The molecule has 1 aromatic heterocycles. The van der Waals surface area contributed by atoms with Crippen LogP contribution in [0.1, 0.15) is 38.2 Å². The molecule has 3 heteroatoms. The molecule has 1 heterocycles. The summed E-state index contributed by atoms with van der Waals surface area (Å²) in [6, 6.07) is 0. The number of hydrogen-bond donors (Lipinski definition) is 1. The number of ketones is 1. The second-order valence-electron chi connectivity index (χ2n) is 3.31. The fourth-order valence-corrected chi connectivity index (χ4v) is 1.22. The molecule has 0 bridgehead atoms. The lowest BCUT2D eigenvalue weighted by molar-refractivity contribution is -0.117. The van der Waals surface area contributed by atoms with E-state index in [9.17, 15) is 4.79 Å². The molecule has 1 aromatic rings. The maximum Gasteiger partial charge on any atom is 0.130 e. The van der Waals surface area contributed by atoms with Gasteiger partial charge in [0.05, 0.1) is 0 Å². The van der Waals surface area contributed by atoms with Crippen LogP contribution in [0.2, 0.25) is 0 Å². The van der Waals surface area contributed by atoms with E-state index in [-0.39, 0.29) is 5.78 Å². The Morgan fingerprint density at radius 1 is 1.54 bits per heavy atom. The van der Waals surface area contributed by atoms with Gasteiger partial charge in [0.1, 0.15) is 11.6 Å². The third-order valence-corrected chi connectivity index (χ3v) is 1.91. The summed E-state index contributed by atoms with van der Waals surface area (Å²) < 4.78 is 0. The second kappa shape index (κ2) is 4.80. The molecule has 0 unspecified atom stereocenters. The minimum Gasteiger partial charge on any atom is -0.346 e. The number of Topliss-reactive ketones (excluding diaryl/α,β-unsaturated/α-hetero) is 1. The molecule has 3 nitrogen and oxygen atoms in total. The van der Waals surface area contributed by atoms with Crippen molar-refractivity contribution in [2.45, 2.75) is 39.5 Å². The number of imidazole rings is 1. The molecule has 13 heavy (non-hydrogen) atoms. The molecular formula is C10H16N2O. The average molecular weight is 180 g/mol. The van der Waals surface area contributed by atoms with Crippen LogP contribution in [0.15, 0.2) is 6.20 Å². The van der Waals surface area contributed by atoms with Gasteiger partial charge in [-0.25, -0.2) is 4.98 Å². The summed E-state index contributed by atoms with van der Waals surface area (Å²) in [5, 5.41) is 0. The van der Waals surface area contributed by atoms with Crippen molar-refractivity contribution >= 4 is 5.78 Å². The van der Waals surface area contributed by atoms with Gasteiger partial charge in [-0.15, -0.1) is 0 Å². The first-order valence-corrected chi connectivity index (χ1v) is 4.74. The van der Waals surface area contributed by atoms with Gasteiger partial charge in [-0.3, -0.25) is 0 Å². The lowest BCUT2D eigenvalue weighted by Gasteiger charge is -1.93. The van der Waals surface area contributed by atoms with Gasteiger partial charge in [-0.05, 0) is 13.3 Å². The molecule has 0 atom stereocenters. The minimum absolute atomic E-state index is 0.216. The number of carbonyl (C=O) groups is 1. The maximum absolute atomic E-state index is 10.7. The molecule has 0 saturated carbocycles. The van der Waals surface area contributed by atoms with Crippen molar-refractivity contribution in [2.75, 3.05) is 0 Å². The van der Waals surface area contributed by atoms with Crippen LogP contribution in [-0.2, 0) is 17.6 Å². The van der Waals surface area contributed by atoms with Crippen molar-refractivity contribution in [1.29, 1.82) is 0 Å². The van der Waals surface area contributed by atoms with Crippen LogP contribution in [-0.4, -0.2) is 15.8 Å². The SMILES string of the molecule is CCCc1cnc(CCC(C)=O)[nH]1. The lowest BCUT2D eigenvalue weighted by Crippen LogP contribution is -1.95. The van der Waals surface area contributed by atoms with Crippen LogP contribution in [0.3, 0.4) is 0 Å². The summed E-state index contributed by atoms with van der Waals surface area (Å²) in [5.74, 6) is 1.15. The molecule has 0 saturated heterocycles. The van der Waals surface area contributed by atoms with Crippen LogP contribution in [0.5, 0.6) is 0 Å². The monoisotopic (exact) mass is 180 g/mol. The average Bonchev–Trinajstić information content (AvgIpc) is 2.50. The molecule has 0 aliphatic carbocycles. The van der Waals surface area contributed by atoms with Gasteiger partial charge in [-0.2, -0.15) is 0 Å². The molecule has 0 aliphatic heterocycles. The summed E-state index contributed by atoms with van der Waals surface area (Å²) in [4.78, 5) is 18.1. The van der Waals surface area contributed by atoms with E-state index in [4.69, 9.17) is 0 Å². The van der Waals surface area contributed by atoms with Gasteiger partial charge in [0.2, 0.25) is 0 Å². The summed E-state index contributed by atoms with van der Waals surface area (Å²) in [6.07, 6.45) is 5.33. The Balaban J connectivity index is 2.44. The molecule has 0 spiro atoms. The fraction of sp³-hybridized carbons (Fsp3) is 0.600. The van der Waals surface area contributed by atoms with Gasteiger partial charge in [0.25, 0.3) is 0 Å². The molecule has 0 amide bonds. The second-order valence-corrected chi connectivity index (χ2v) is 3.31. The highest BCUT2D eigenvalue weighted by Crippen LogP contribution is 2.02. The van der Waals surface area contributed by atoms with Gasteiger partial charge >= 0.3 is 0 Å². The molecule has 1 rings (SSSR count). The molecule has 1 N–H and O–H groups in total. The number of carbonyl (C=O) groups excluding carboxylic acids is 1. The smallest absolute Gasteiger partial charge is 0.130 e. The first kappa shape index (κ1) is 9.96. The Labute approximate surface area is 78.6 Å². The van der Waals surface area contributed by atoms with E-state index in [0.717, 1.165) is 25.1 Å². The first-order valence-electron chi connectivity index (χ1n) is 4.74. The van der Waals surface area contributed by atoms with Crippen LogP contribution >= 0.6 is 0 Å².